The molecule has 0 radical (unpaired) electrons. The highest BCUT2D eigenvalue weighted by atomic mass is 32.1. The van der Waals surface area contributed by atoms with Gasteiger partial charge in [0, 0.05) is 32.8 Å². The Balaban J connectivity index is 1.75. The van der Waals surface area contributed by atoms with Crippen molar-refractivity contribution in [3.8, 4) is 0 Å². The van der Waals surface area contributed by atoms with Crippen LogP contribution in [0.1, 0.15) is 48.5 Å². The van der Waals surface area contributed by atoms with Gasteiger partial charge in [-0.1, -0.05) is 11.3 Å². The molecule has 3 heterocycles. The fourth-order valence-electron chi connectivity index (χ4n) is 2.58. The monoisotopic (exact) mass is 311 g/mol. The number of hydrogen-bond donors (Lipinski definition) is 1. The molecule has 0 saturated carbocycles. The minimum Gasteiger partial charge on any atom is -0.385 e. The fourth-order valence-corrected chi connectivity index (χ4v) is 3.46. The standard InChI is InChI=1S/C13H21N5O2S/c1-19-6-2-3-10(14)12-17-18-11(15-16-13(18)21-12)9-4-7-20-8-5-9/h9-10H,2-8,14H2,1H3. The fraction of sp³-hybridized carbons (Fsp3) is 0.769. The van der Waals surface area contributed by atoms with Crippen LogP contribution in [0.5, 0.6) is 0 Å². The molecule has 0 amide bonds. The van der Waals surface area contributed by atoms with Crippen LogP contribution in [-0.2, 0) is 9.47 Å². The first-order valence-electron chi connectivity index (χ1n) is 7.34. The van der Waals surface area contributed by atoms with Gasteiger partial charge in [-0.3, -0.25) is 0 Å². The van der Waals surface area contributed by atoms with E-state index in [9.17, 15) is 0 Å². The molecule has 0 bridgehead atoms. The summed E-state index contributed by atoms with van der Waals surface area (Å²) in [7, 11) is 1.70. The molecule has 1 atom stereocenters. The summed E-state index contributed by atoms with van der Waals surface area (Å²) in [6.07, 6.45) is 3.76. The van der Waals surface area contributed by atoms with Crippen molar-refractivity contribution in [2.75, 3.05) is 26.9 Å². The molecule has 2 N–H and O–H groups in total. The van der Waals surface area contributed by atoms with Gasteiger partial charge >= 0.3 is 0 Å². The quantitative estimate of drug-likeness (QED) is 0.814. The second-order valence-electron chi connectivity index (χ2n) is 5.32. The van der Waals surface area contributed by atoms with E-state index in [-0.39, 0.29) is 6.04 Å². The molecule has 0 aromatic carbocycles. The Morgan fingerprint density at radius 1 is 1.43 bits per heavy atom. The normalized spacial score (nSPS) is 18.4. The summed E-state index contributed by atoms with van der Waals surface area (Å²) < 4.78 is 12.3. The van der Waals surface area contributed by atoms with Gasteiger partial charge in [0.15, 0.2) is 5.82 Å². The van der Waals surface area contributed by atoms with Crippen molar-refractivity contribution in [3.63, 3.8) is 0 Å². The number of nitrogens with zero attached hydrogens (tertiary/aromatic N) is 4. The first kappa shape index (κ1) is 14.8. The lowest BCUT2D eigenvalue weighted by molar-refractivity contribution is 0.0831. The third-order valence-corrected chi connectivity index (χ3v) is 4.83. The van der Waals surface area contributed by atoms with Crippen LogP contribution in [0.3, 0.4) is 0 Å². The Bertz CT molecular complexity index is 578. The number of nitrogens with two attached hydrogens (primary N) is 1. The number of rotatable bonds is 6. The van der Waals surface area contributed by atoms with Crippen LogP contribution in [0.15, 0.2) is 0 Å². The molecule has 0 aliphatic carbocycles. The average Bonchev–Trinajstić information content (AvgIpc) is 3.08. The lowest BCUT2D eigenvalue weighted by Crippen LogP contribution is -2.17. The average molecular weight is 311 g/mol. The minimum absolute atomic E-state index is 0.0608. The van der Waals surface area contributed by atoms with Crippen LogP contribution in [0.2, 0.25) is 0 Å². The van der Waals surface area contributed by atoms with E-state index in [4.69, 9.17) is 15.2 Å². The Morgan fingerprint density at radius 2 is 2.24 bits per heavy atom. The summed E-state index contributed by atoms with van der Waals surface area (Å²) >= 11 is 1.53. The number of hydrogen-bond acceptors (Lipinski definition) is 7. The first-order chi connectivity index (χ1) is 10.3. The van der Waals surface area contributed by atoms with Gasteiger partial charge in [-0.15, -0.1) is 10.2 Å². The van der Waals surface area contributed by atoms with E-state index in [2.05, 4.69) is 15.3 Å². The van der Waals surface area contributed by atoms with E-state index in [0.29, 0.717) is 5.92 Å². The summed E-state index contributed by atoms with van der Waals surface area (Å²) in [5.74, 6) is 1.33. The Hall–Kier alpha value is -1.09. The van der Waals surface area contributed by atoms with Crippen molar-refractivity contribution in [1.82, 2.24) is 19.8 Å². The number of methoxy groups -OCH3 is 1. The maximum atomic E-state index is 6.20. The topological polar surface area (TPSA) is 87.6 Å². The van der Waals surface area contributed by atoms with E-state index in [1.165, 1.54) is 11.3 Å². The van der Waals surface area contributed by atoms with E-state index < -0.39 is 0 Å². The highest BCUT2D eigenvalue weighted by molar-refractivity contribution is 7.16. The molecule has 2 aromatic rings. The highest BCUT2D eigenvalue weighted by Gasteiger charge is 2.24. The largest absolute Gasteiger partial charge is 0.385 e. The first-order valence-corrected chi connectivity index (χ1v) is 8.15. The highest BCUT2D eigenvalue weighted by Crippen LogP contribution is 2.28. The van der Waals surface area contributed by atoms with E-state index in [0.717, 1.165) is 61.3 Å². The molecule has 2 aromatic heterocycles. The van der Waals surface area contributed by atoms with Gasteiger partial charge in [-0.2, -0.15) is 9.61 Å². The molecule has 116 valence electrons. The summed E-state index contributed by atoms with van der Waals surface area (Å²) in [6, 6.07) is -0.0608. The number of fused-ring (bicyclic) bond motifs is 1. The van der Waals surface area contributed by atoms with Gasteiger partial charge in [0.05, 0.1) is 6.04 Å². The van der Waals surface area contributed by atoms with Crippen LogP contribution in [0.4, 0.5) is 0 Å². The lowest BCUT2D eigenvalue weighted by Gasteiger charge is -2.19. The SMILES string of the molecule is COCCCC(N)c1nn2c(C3CCOCC3)nnc2s1. The maximum Gasteiger partial charge on any atom is 0.234 e. The molecule has 0 spiro atoms. The van der Waals surface area contributed by atoms with E-state index >= 15 is 0 Å². The molecule has 8 heteroatoms. The molecule has 3 rings (SSSR count). The molecule has 1 fully saturated rings. The molecular weight excluding hydrogens is 290 g/mol. The van der Waals surface area contributed by atoms with Crippen LogP contribution in [-0.4, -0.2) is 46.7 Å². The number of aromatic nitrogens is 4. The Kier molecular flexibility index (Phi) is 4.79. The van der Waals surface area contributed by atoms with Crippen LogP contribution in [0.25, 0.3) is 4.96 Å². The van der Waals surface area contributed by atoms with Crippen molar-refractivity contribution in [2.45, 2.75) is 37.6 Å². The molecule has 1 aliphatic heterocycles. The smallest absolute Gasteiger partial charge is 0.234 e. The van der Waals surface area contributed by atoms with Crippen LogP contribution < -0.4 is 5.73 Å². The predicted molar refractivity (Wildman–Crippen MR) is 79.5 cm³/mol. The number of ether oxygens (including phenoxy) is 2. The summed E-state index contributed by atoms with van der Waals surface area (Å²) in [4.78, 5) is 0.827. The third-order valence-electron chi connectivity index (χ3n) is 3.80. The van der Waals surface area contributed by atoms with Gasteiger partial charge in [0.2, 0.25) is 4.96 Å². The molecule has 1 unspecified atom stereocenters. The van der Waals surface area contributed by atoms with Crippen LogP contribution in [0, 0.1) is 0 Å². The van der Waals surface area contributed by atoms with Crippen molar-refractivity contribution in [2.24, 2.45) is 5.73 Å². The zero-order chi connectivity index (χ0) is 14.7. The lowest BCUT2D eigenvalue weighted by atomic mass is 10.00. The van der Waals surface area contributed by atoms with Crippen molar-refractivity contribution in [1.29, 1.82) is 0 Å². The zero-order valence-electron chi connectivity index (χ0n) is 12.2. The Labute approximate surface area is 127 Å². The van der Waals surface area contributed by atoms with Gasteiger partial charge in [-0.25, -0.2) is 0 Å². The van der Waals surface area contributed by atoms with Crippen molar-refractivity contribution in [3.05, 3.63) is 10.8 Å². The summed E-state index contributed by atoms with van der Waals surface area (Å²) in [6.45, 7) is 2.30. The predicted octanol–water partition coefficient (Wildman–Crippen LogP) is 1.51. The third kappa shape index (κ3) is 3.23. The van der Waals surface area contributed by atoms with Gasteiger partial charge in [-0.05, 0) is 25.7 Å². The zero-order valence-corrected chi connectivity index (χ0v) is 13.0. The molecule has 7 nitrogen and oxygen atoms in total. The second kappa shape index (κ2) is 6.78. The molecule has 1 saturated heterocycles. The molecule has 1 aliphatic rings. The van der Waals surface area contributed by atoms with Crippen molar-refractivity contribution < 1.29 is 9.47 Å². The summed E-state index contributed by atoms with van der Waals surface area (Å²) in [5.41, 5.74) is 6.20. The second-order valence-corrected chi connectivity index (χ2v) is 6.31. The van der Waals surface area contributed by atoms with Gasteiger partial charge in [0.1, 0.15) is 5.01 Å². The molecule has 21 heavy (non-hydrogen) atoms. The van der Waals surface area contributed by atoms with Gasteiger partial charge in [0.25, 0.3) is 0 Å². The van der Waals surface area contributed by atoms with Gasteiger partial charge < -0.3 is 15.2 Å². The minimum atomic E-state index is -0.0608. The maximum absolute atomic E-state index is 6.20. The van der Waals surface area contributed by atoms with E-state index in [1.807, 2.05) is 4.52 Å². The summed E-state index contributed by atoms with van der Waals surface area (Å²) in [5, 5.41) is 14.1. The van der Waals surface area contributed by atoms with E-state index in [1.54, 1.807) is 7.11 Å². The van der Waals surface area contributed by atoms with Crippen LogP contribution >= 0.6 is 11.3 Å². The Morgan fingerprint density at radius 3 is 3.00 bits per heavy atom. The van der Waals surface area contributed by atoms with Crippen molar-refractivity contribution >= 4 is 16.3 Å². The molecular formula is C13H21N5O2S.